The summed E-state index contributed by atoms with van der Waals surface area (Å²) in [5.74, 6) is 0.884. The van der Waals surface area contributed by atoms with Gasteiger partial charge in [-0.15, -0.1) is 5.10 Å². The summed E-state index contributed by atoms with van der Waals surface area (Å²) in [6, 6.07) is 16.2. The predicted octanol–water partition coefficient (Wildman–Crippen LogP) is 4.57. The molecule has 0 spiro atoms. The first kappa shape index (κ1) is 16.0. The minimum Gasteiger partial charge on any atom is -0.320 e. The quantitative estimate of drug-likeness (QED) is 0.799. The summed E-state index contributed by atoms with van der Waals surface area (Å²) >= 11 is 6.31. The maximum absolute atomic E-state index is 6.31. The van der Waals surface area contributed by atoms with E-state index < -0.39 is 0 Å². The highest BCUT2D eigenvalue weighted by atomic mass is 35.5. The van der Waals surface area contributed by atoms with E-state index in [-0.39, 0.29) is 0 Å². The molecule has 25 heavy (non-hydrogen) atoms. The minimum absolute atomic E-state index is 0.513. The Morgan fingerprint density at radius 2 is 1.92 bits per heavy atom. The molecule has 2 aliphatic rings. The monoisotopic (exact) mass is 350 g/mol. The Morgan fingerprint density at radius 1 is 1.08 bits per heavy atom. The van der Waals surface area contributed by atoms with Gasteiger partial charge in [-0.05, 0) is 24.6 Å². The van der Waals surface area contributed by atoms with Crippen molar-refractivity contribution in [2.75, 3.05) is 18.0 Å². The highest BCUT2D eigenvalue weighted by Gasteiger charge is 2.27. The van der Waals surface area contributed by atoms with Crippen molar-refractivity contribution in [1.29, 1.82) is 0 Å². The molecule has 5 heteroatoms. The van der Waals surface area contributed by atoms with E-state index in [1.54, 1.807) is 0 Å². The molecular weight excluding hydrogens is 332 g/mol. The number of hydrogen-bond donors (Lipinski definition) is 0. The van der Waals surface area contributed by atoms with Crippen molar-refractivity contribution in [2.24, 2.45) is 15.2 Å². The summed E-state index contributed by atoms with van der Waals surface area (Å²) in [7, 11) is 0. The minimum atomic E-state index is 0.513. The number of fused-ring (bicyclic) bond motifs is 3. The first-order valence-corrected chi connectivity index (χ1v) is 8.93. The van der Waals surface area contributed by atoms with Gasteiger partial charge in [-0.1, -0.05) is 55.3 Å². The van der Waals surface area contributed by atoms with Gasteiger partial charge >= 0.3 is 0 Å². The Hall–Kier alpha value is -2.46. The summed E-state index contributed by atoms with van der Waals surface area (Å²) in [6.45, 7) is 3.44. The van der Waals surface area contributed by atoms with Crippen molar-refractivity contribution >= 4 is 34.5 Å². The third-order valence-electron chi connectivity index (χ3n) is 4.43. The van der Waals surface area contributed by atoms with Crippen molar-refractivity contribution in [3.05, 3.63) is 64.7 Å². The number of halogens is 1. The van der Waals surface area contributed by atoms with Crippen LogP contribution in [0, 0.1) is 0 Å². The third-order valence-corrected chi connectivity index (χ3v) is 4.66. The fraction of sp³-hybridized carbons (Fsp3) is 0.250. The van der Waals surface area contributed by atoms with Gasteiger partial charge in [-0.2, -0.15) is 5.10 Å². The Labute approximate surface area is 152 Å². The van der Waals surface area contributed by atoms with Crippen LogP contribution in [0.25, 0.3) is 0 Å². The van der Waals surface area contributed by atoms with Crippen LogP contribution in [0.1, 0.15) is 30.9 Å². The average molecular weight is 351 g/mol. The summed E-state index contributed by atoms with van der Waals surface area (Å²) in [6.07, 6.45) is 2.03. The molecule has 0 radical (unpaired) electrons. The molecule has 0 N–H and O–H groups in total. The molecule has 0 aromatic heterocycles. The average Bonchev–Trinajstić information content (AvgIpc) is 2.79. The van der Waals surface area contributed by atoms with Crippen molar-refractivity contribution in [3.63, 3.8) is 0 Å². The number of hydrogen-bond acceptors (Lipinski definition) is 4. The zero-order valence-corrected chi connectivity index (χ0v) is 14.9. The number of aliphatic imine (C=N–C) groups is 1. The Balaban J connectivity index is 1.84. The van der Waals surface area contributed by atoms with E-state index in [0.717, 1.165) is 53.5 Å². The van der Waals surface area contributed by atoms with E-state index in [9.17, 15) is 0 Å². The largest absolute Gasteiger partial charge is 0.320 e. The van der Waals surface area contributed by atoms with Gasteiger partial charge in [-0.25, -0.2) is 0 Å². The van der Waals surface area contributed by atoms with Gasteiger partial charge < -0.3 is 4.90 Å². The summed E-state index contributed by atoms with van der Waals surface area (Å²) in [4.78, 5) is 7.07. The highest BCUT2D eigenvalue weighted by Crippen LogP contribution is 2.31. The molecule has 126 valence electrons. The molecule has 0 fully saturated rings. The van der Waals surface area contributed by atoms with Gasteiger partial charge in [0.15, 0.2) is 5.84 Å². The SMILES string of the molecule is CCCC1=NN=C2CN=C(c3ccccc3)c3cc(Cl)ccc3N2C1. The zero-order chi connectivity index (χ0) is 17.2. The zero-order valence-electron chi connectivity index (χ0n) is 14.1. The molecule has 0 bridgehead atoms. The van der Waals surface area contributed by atoms with Crippen LogP contribution in [-0.2, 0) is 0 Å². The van der Waals surface area contributed by atoms with E-state index in [4.69, 9.17) is 16.6 Å². The molecule has 0 atom stereocenters. The second-order valence-electron chi connectivity index (χ2n) is 6.21. The fourth-order valence-corrected chi connectivity index (χ4v) is 3.43. The molecule has 0 amide bonds. The summed E-state index contributed by atoms with van der Waals surface area (Å²) in [5, 5.41) is 9.56. The summed E-state index contributed by atoms with van der Waals surface area (Å²) < 4.78 is 0. The molecular formula is C20H19ClN4. The smallest absolute Gasteiger partial charge is 0.154 e. The molecule has 0 aliphatic carbocycles. The standard InChI is InChI=1S/C20H19ClN4/c1-2-6-16-13-25-18-10-9-15(21)11-17(18)20(14-7-4-3-5-8-14)22-12-19(25)24-23-16/h3-5,7-11H,2,6,12-13H2,1H3. The van der Waals surface area contributed by atoms with Gasteiger partial charge in [0.1, 0.15) is 0 Å². The maximum atomic E-state index is 6.31. The van der Waals surface area contributed by atoms with Crippen LogP contribution in [0.5, 0.6) is 0 Å². The normalized spacial score (nSPS) is 16.2. The molecule has 4 nitrogen and oxygen atoms in total. The van der Waals surface area contributed by atoms with Crippen LogP contribution in [0.2, 0.25) is 5.02 Å². The number of nitrogens with zero attached hydrogens (tertiary/aromatic N) is 4. The Morgan fingerprint density at radius 3 is 2.72 bits per heavy atom. The lowest BCUT2D eigenvalue weighted by Crippen LogP contribution is -2.39. The van der Waals surface area contributed by atoms with E-state index in [0.29, 0.717) is 11.6 Å². The lowest BCUT2D eigenvalue weighted by Gasteiger charge is -2.28. The van der Waals surface area contributed by atoms with Crippen molar-refractivity contribution in [2.45, 2.75) is 19.8 Å². The lowest BCUT2D eigenvalue weighted by atomic mass is 10.00. The molecule has 0 saturated carbocycles. The van der Waals surface area contributed by atoms with Crippen LogP contribution >= 0.6 is 11.6 Å². The second-order valence-corrected chi connectivity index (χ2v) is 6.65. The molecule has 2 aromatic carbocycles. The number of rotatable bonds is 3. The van der Waals surface area contributed by atoms with E-state index in [1.807, 2.05) is 30.3 Å². The fourth-order valence-electron chi connectivity index (χ4n) is 3.26. The third kappa shape index (κ3) is 3.10. The van der Waals surface area contributed by atoms with Crippen molar-refractivity contribution < 1.29 is 0 Å². The molecule has 2 aliphatic heterocycles. The van der Waals surface area contributed by atoms with E-state index in [2.05, 4.69) is 40.2 Å². The lowest BCUT2D eigenvalue weighted by molar-refractivity contribution is 0.931. The van der Waals surface area contributed by atoms with E-state index in [1.165, 1.54) is 0 Å². The van der Waals surface area contributed by atoms with Gasteiger partial charge in [0.25, 0.3) is 0 Å². The van der Waals surface area contributed by atoms with Gasteiger partial charge in [0, 0.05) is 16.1 Å². The predicted molar refractivity (Wildman–Crippen MR) is 106 cm³/mol. The van der Waals surface area contributed by atoms with Crippen LogP contribution in [0.15, 0.2) is 63.7 Å². The van der Waals surface area contributed by atoms with Gasteiger partial charge in [0.05, 0.1) is 30.2 Å². The number of anilines is 1. The first-order valence-electron chi connectivity index (χ1n) is 8.56. The Bertz CT molecular complexity index is 884. The number of benzene rings is 2. The second kappa shape index (κ2) is 6.81. The van der Waals surface area contributed by atoms with Crippen LogP contribution < -0.4 is 4.90 Å². The highest BCUT2D eigenvalue weighted by molar-refractivity contribution is 6.32. The first-order chi connectivity index (χ1) is 12.3. The Kier molecular flexibility index (Phi) is 4.36. The van der Waals surface area contributed by atoms with Crippen molar-refractivity contribution in [3.8, 4) is 0 Å². The molecule has 2 aromatic rings. The van der Waals surface area contributed by atoms with E-state index >= 15 is 0 Å². The topological polar surface area (TPSA) is 40.3 Å². The molecule has 2 heterocycles. The molecule has 0 saturated heterocycles. The summed E-state index contributed by atoms with van der Waals surface area (Å²) in [5.41, 5.74) is 5.28. The van der Waals surface area contributed by atoms with Crippen LogP contribution in [0.4, 0.5) is 5.69 Å². The van der Waals surface area contributed by atoms with Crippen molar-refractivity contribution in [1.82, 2.24) is 0 Å². The molecule has 0 unspecified atom stereocenters. The molecule has 4 rings (SSSR count). The van der Waals surface area contributed by atoms with Crippen LogP contribution in [0.3, 0.4) is 0 Å². The maximum Gasteiger partial charge on any atom is 0.154 e. The number of amidine groups is 1. The van der Waals surface area contributed by atoms with Crippen LogP contribution in [-0.4, -0.2) is 30.3 Å². The van der Waals surface area contributed by atoms with Gasteiger partial charge in [0.2, 0.25) is 0 Å². The van der Waals surface area contributed by atoms with Gasteiger partial charge in [-0.3, -0.25) is 4.99 Å².